The first-order valence-electron chi connectivity index (χ1n) is 9.97. The van der Waals surface area contributed by atoms with Crippen molar-refractivity contribution in [2.45, 2.75) is 17.7 Å². The van der Waals surface area contributed by atoms with Gasteiger partial charge in [0.25, 0.3) is 15.9 Å². The van der Waals surface area contributed by atoms with Crippen LogP contribution in [0.5, 0.6) is 5.75 Å². The molecule has 0 aliphatic rings. The number of carbonyl (C=O) groups is 1. The lowest BCUT2D eigenvalue weighted by Crippen LogP contribution is -2.27. The normalized spacial score (nSPS) is 11.0. The lowest BCUT2D eigenvalue weighted by atomic mass is 10.1. The van der Waals surface area contributed by atoms with Crippen LogP contribution in [0.4, 0.5) is 5.69 Å². The van der Waals surface area contributed by atoms with Crippen LogP contribution in [0.25, 0.3) is 0 Å². The summed E-state index contributed by atoms with van der Waals surface area (Å²) in [4.78, 5) is 12.6. The second-order valence-corrected chi connectivity index (χ2v) is 8.97. The van der Waals surface area contributed by atoms with Crippen LogP contribution in [0.2, 0.25) is 0 Å². The van der Waals surface area contributed by atoms with Crippen molar-refractivity contribution in [1.29, 1.82) is 0 Å². The molecule has 7 heteroatoms. The summed E-state index contributed by atoms with van der Waals surface area (Å²) < 4.78 is 32.0. The second-order valence-electron chi connectivity index (χ2n) is 7.00. The molecule has 0 atom stereocenters. The highest BCUT2D eigenvalue weighted by Crippen LogP contribution is 2.22. The Hall–Kier alpha value is -3.32. The third-order valence-electron chi connectivity index (χ3n) is 5.00. The van der Waals surface area contributed by atoms with E-state index in [9.17, 15) is 13.2 Å². The predicted octanol–water partition coefficient (Wildman–Crippen LogP) is 3.88. The highest BCUT2D eigenvalue weighted by molar-refractivity contribution is 7.92. The maximum Gasteiger partial charge on any atom is 0.264 e. The van der Waals surface area contributed by atoms with Crippen LogP contribution in [0.15, 0.2) is 83.8 Å². The summed E-state index contributed by atoms with van der Waals surface area (Å²) in [7, 11) is -0.511. The van der Waals surface area contributed by atoms with Crippen molar-refractivity contribution in [1.82, 2.24) is 5.32 Å². The number of hydrogen-bond acceptors (Lipinski definition) is 4. The summed E-state index contributed by atoms with van der Waals surface area (Å²) in [6.07, 6.45) is 1.58. The molecular formula is C24H26N2O4S. The van der Waals surface area contributed by atoms with Gasteiger partial charge < -0.3 is 10.1 Å². The second kappa shape index (κ2) is 10.1. The Morgan fingerprint density at radius 1 is 0.935 bits per heavy atom. The standard InChI is InChI=1S/C24H26N2O4S/c1-26(31(28,29)22-11-4-3-5-12-22)21-16-14-20(15-17-21)24(27)25-18-8-10-19-9-6-7-13-23(19)30-2/h3-7,9,11-17H,8,10,18H2,1-2H3,(H,25,27). The molecule has 0 aliphatic carbocycles. The number of nitrogens with one attached hydrogen (secondary N) is 1. The first-order valence-corrected chi connectivity index (χ1v) is 11.4. The van der Waals surface area contributed by atoms with Gasteiger partial charge >= 0.3 is 0 Å². The van der Waals surface area contributed by atoms with Gasteiger partial charge in [-0.25, -0.2) is 8.42 Å². The van der Waals surface area contributed by atoms with Crippen LogP contribution < -0.4 is 14.4 Å². The summed E-state index contributed by atoms with van der Waals surface area (Å²) in [6.45, 7) is 0.529. The van der Waals surface area contributed by atoms with Crippen molar-refractivity contribution in [2.75, 3.05) is 25.0 Å². The van der Waals surface area contributed by atoms with Gasteiger partial charge in [-0.3, -0.25) is 9.10 Å². The van der Waals surface area contributed by atoms with Crippen molar-refractivity contribution in [3.8, 4) is 5.75 Å². The summed E-state index contributed by atoms with van der Waals surface area (Å²) in [5.74, 6) is 0.652. The number of rotatable bonds is 9. The molecule has 0 spiro atoms. The monoisotopic (exact) mass is 438 g/mol. The number of para-hydroxylation sites is 1. The molecular weight excluding hydrogens is 412 g/mol. The molecule has 6 nitrogen and oxygen atoms in total. The Labute approximate surface area is 183 Å². The molecule has 31 heavy (non-hydrogen) atoms. The lowest BCUT2D eigenvalue weighted by Gasteiger charge is -2.19. The molecule has 162 valence electrons. The Bertz CT molecular complexity index is 1110. The van der Waals surface area contributed by atoms with Crippen LogP contribution in [0.1, 0.15) is 22.3 Å². The molecule has 1 amide bonds. The smallest absolute Gasteiger partial charge is 0.264 e. The summed E-state index contributed by atoms with van der Waals surface area (Å²) in [5.41, 5.74) is 2.06. The fraction of sp³-hybridized carbons (Fsp3) is 0.208. The minimum absolute atomic E-state index is 0.194. The van der Waals surface area contributed by atoms with Crippen molar-refractivity contribution in [3.63, 3.8) is 0 Å². The van der Waals surface area contributed by atoms with Crippen molar-refractivity contribution in [2.24, 2.45) is 0 Å². The molecule has 0 unspecified atom stereocenters. The third kappa shape index (κ3) is 5.44. The van der Waals surface area contributed by atoms with E-state index in [-0.39, 0.29) is 10.8 Å². The zero-order valence-electron chi connectivity index (χ0n) is 17.6. The third-order valence-corrected chi connectivity index (χ3v) is 6.80. The van der Waals surface area contributed by atoms with Gasteiger partial charge in [0.2, 0.25) is 0 Å². The van der Waals surface area contributed by atoms with Crippen LogP contribution in [-0.2, 0) is 16.4 Å². The van der Waals surface area contributed by atoms with Gasteiger partial charge in [-0.15, -0.1) is 0 Å². The van der Waals surface area contributed by atoms with Gasteiger partial charge in [0, 0.05) is 19.2 Å². The number of sulfonamides is 1. The topological polar surface area (TPSA) is 75.7 Å². The van der Waals surface area contributed by atoms with Crippen LogP contribution in [0, 0.1) is 0 Å². The van der Waals surface area contributed by atoms with Crippen molar-refractivity contribution < 1.29 is 17.9 Å². The summed E-state index contributed by atoms with van der Waals surface area (Å²) in [6, 6.07) is 22.6. The molecule has 3 aromatic rings. The zero-order chi connectivity index (χ0) is 22.3. The maximum atomic E-state index is 12.7. The summed E-state index contributed by atoms with van der Waals surface area (Å²) in [5, 5.41) is 2.90. The largest absolute Gasteiger partial charge is 0.496 e. The number of amides is 1. The van der Waals surface area contributed by atoms with E-state index in [2.05, 4.69) is 5.32 Å². The van der Waals surface area contributed by atoms with E-state index >= 15 is 0 Å². The zero-order valence-corrected chi connectivity index (χ0v) is 18.4. The maximum absolute atomic E-state index is 12.7. The van der Waals surface area contributed by atoms with E-state index in [4.69, 9.17) is 4.74 Å². The molecule has 1 N–H and O–H groups in total. The van der Waals surface area contributed by atoms with Crippen molar-refractivity contribution >= 4 is 21.6 Å². The summed E-state index contributed by atoms with van der Waals surface area (Å²) >= 11 is 0. The van der Waals surface area contributed by atoms with Crippen LogP contribution >= 0.6 is 0 Å². The number of methoxy groups -OCH3 is 1. The fourth-order valence-electron chi connectivity index (χ4n) is 3.20. The minimum atomic E-state index is -3.65. The van der Waals surface area contributed by atoms with E-state index in [1.807, 2.05) is 24.3 Å². The highest BCUT2D eigenvalue weighted by atomic mass is 32.2. The number of aryl methyl sites for hydroxylation is 1. The Morgan fingerprint density at radius 2 is 1.58 bits per heavy atom. The number of nitrogens with zero attached hydrogens (tertiary/aromatic N) is 1. The van der Waals surface area contributed by atoms with E-state index in [1.165, 1.54) is 11.4 Å². The first-order chi connectivity index (χ1) is 14.9. The van der Waals surface area contributed by atoms with Gasteiger partial charge in [0.1, 0.15) is 5.75 Å². The predicted molar refractivity (Wildman–Crippen MR) is 122 cm³/mol. The van der Waals surface area contributed by atoms with Crippen molar-refractivity contribution in [3.05, 3.63) is 90.0 Å². The molecule has 0 heterocycles. The van der Waals surface area contributed by atoms with Gasteiger partial charge in [-0.05, 0) is 60.9 Å². The van der Waals surface area contributed by atoms with Gasteiger partial charge in [-0.2, -0.15) is 0 Å². The average molecular weight is 439 g/mol. The molecule has 0 bridgehead atoms. The van der Waals surface area contributed by atoms with Crippen LogP contribution in [-0.4, -0.2) is 35.0 Å². The van der Waals surface area contributed by atoms with Gasteiger partial charge in [-0.1, -0.05) is 36.4 Å². The first kappa shape index (κ1) is 22.4. The van der Waals surface area contributed by atoms with E-state index < -0.39 is 10.0 Å². The van der Waals surface area contributed by atoms with Crippen LogP contribution in [0.3, 0.4) is 0 Å². The molecule has 0 fully saturated rings. The highest BCUT2D eigenvalue weighted by Gasteiger charge is 2.21. The van der Waals surface area contributed by atoms with E-state index in [0.29, 0.717) is 17.8 Å². The molecule has 3 rings (SSSR count). The number of anilines is 1. The Kier molecular flexibility index (Phi) is 7.31. The quantitative estimate of drug-likeness (QED) is 0.515. The molecule has 0 radical (unpaired) electrons. The molecule has 0 aliphatic heterocycles. The Balaban J connectivity index is 1.56. The fourth-order valence-corrected chi connectivity index (χ4v) is 4.42. The molecule has 0 saturated carbocycles. The van der Waals surface area contributed by atoms with E-state index in [1.54, 1.807) is 61.7 Å². The van der Waals surface area contributed by atoms with Gasteiger partial charge in [0.05, 0.1) is 17.7 Å². The number of ether oxygens (including phenoxy) is 1. The molecule has 0 saturated heterocycles. The molecule has 3 aromatic carbocycles. The number of hydrogen-bond donors (Lipinski definition) is 1. The molecule has 0 aromatic heterocycles. The SMILES string of the molecule is COc1ccccc1CCCNC(=O)c1ccc(N(C)S(=O)(=O)c2ccccc2)cc1. The number of benzene rings is 3. The van der Waals surface area contributed by atoms with Gasteiger partial charge in [0.15, 0.2) is 0 Å². The average Bonchev–Trinajstić information content (AvgIpc) is 2.82. The lowest BCUT2D eigenvalue weighted by molar-refractivity contribution is 0.0953. The van der Waals surface area contributed by atoms with E-state index in [0.717, 1.165) is 24.2 Å². The Morgan fingerprint density at radius 3 is 2.26 bits per heavy atom. The minimum Gasteiger partial charge on any atom is -0.496 e. The number of carbonyl (C=O) groups excluding carboxylic acids is 1.